The van der Waals surface area contributed by atoms with Gasteiger partial charge in [-0.05, 0) is 82.8 Å². The summed E-state index contributed by atoms with van der Waals surface area (Å²) in [5.41, 5.74) is 0.558. The van der Waals surface area contributed by atoms with Crippen LogP contribution >= 0.6 is 0 Å². The Balaban J connectivity index is 1.86. The van der Waals surface area contributed by atoms with E-state index in [1.54, 1.807) is 6.08 Å². The van der Waals surface area contributed by atoms with Crippen molar-refractivity contribution in [3.8, 4) is 0 Å². The van der Waals surface area contributed by atoms with E-state index in [9.17, 15) is 39.3 Å². The number of ether oxygens (including phenoxy) is 6. The van der Waals surface area contributed by atoms with Crippen LogP contribution in [0.2, 0.25) is 0 Å². The van der Waals surface area contributed by atoms with E-state index >= 15 is 0 Å². The summed E-state index contributed by atoms with van der Waals surface area (Å²) in [5.74, 6) is -2.35. The molecule has 0 bridgehead atoms. The average molecular weight is 821 g/mol. The van der Waals surface area contributed by atoms with Crippen molar-refractivity contribution in [2.45, 2.75) is 183 Å². The smallest absolute Gasteiger partial charge is 0.303 e. The fourth-order valence-electron chi connectivity index (χ4n) is 9.19. The number of hydrogen-bond acceptors (Lipinski definition) is 14. The highest BCUT2D eigenvalue weighted by atomic mass is 16.7. The van der Waals surface area contributed by atoms with Crippen LogP contribution in [0.4, 0.5) is 0 Å². The first kappa shape index (κ1) is 48.9. The summed E-state index contributed by atoms with van der Waals surface area (Å²) in [4.78, 5) is 61.7. The number of rotatable bonds is 16. The molecule has 14 heteroatoms. The molecule has 1 saturated carbocycles. The van der Waals surface area contributed by atoms with Crippen LogP contribution in [0.15, 0.2) is 34.9 Å². The number of esters is 4. The average Bonchev–Trinajstić information content (AvgIpc) is 3.10. The zero-order valence-electron chi connectivity index (χ0n) is 36.5. The van der Waals surface area contributed by atoms with Crippen molar-refractivity contribution in [3.05, 3.63) is 34.9 Å². The lowest BCUT2D eigenvalue weighted by atomic mass is 9.58. The Bertz CT molecular complexity index is 1590. The highest BCUT2D eigenvalue weighted by Gasteiger charge is 2.56. The first-order valence-corrected chi connectivity index (χ1v) is 20.4. The summed E-state index contributed by atoms with van der Waals surface area (Å²) < 4.78 is 35.2. The van der Waals surface area contributed by atoms with Crippen molar-refractivity contribution in [1.82, 2.24) is 0 Å². The molecule has 1 saturated heterocycles. The Morgan fingerprint density at radius 3 is 2.14 bits per heavy atom. The topological polar surface area (TPSA) is 201 Å². The van der Waals surface area contributed by atoms with Gasteiger partial charge in [0.25, 0.3) is 0 Å². The van der Waals surface area contributed by atoms with Gasteiger partial charge in [-0.3, -0.25) is 24.0 Å². The van der Waals surface area contributed by atoms with Crippen LogP contribution in [0.25, 0.3) is 0 Å². The molecule has 1 heterocycles. The minimum atomic E-state index is -1.57. The van der Waals surface area contributed by atoms with Gasteiger partial charge in [0.1, 0.15) is 41.9 Å². The van der Waals surface area contributed by atoms with Gasteiger partial charge < -0.3 is 43.7 Å². The zero-order valence-corrected chi connectivity index (χ0v) is 36.5. The molecule has 58 heavy (non-hydrogen) atoms. The van der Waals surface area contributed by atoms with Crippen LogP contribution in [0.3, 0.4) is 0 Å². The predicted octanol–water partition coefficient (Wildman–Crippen LogP) is 5.38. The predicted molar refractivity (Wildman–Crippen MR) is 213 cm³/mol. The maximum absolute atomic E-state index is 12.8. The largest absolute Gasteiger partial charge is 0.459 e. The molecule has 2 fully saturated rings. The molecule has 1 aliphatic heterocycles. The van der Waals surface area contributed by atoms with Crippen LogP contribution in [0, 0.1) is 22.7 Å². The van der Waals surface area contributed by atoms with Crippen LogP contribution < -0.4 is 0 Å². The second-order valence-corrected chi connectivity index (χ2v) is 17.8. The maximum atomic E-state index is 12.8. The molecule has 0 aromatic rings. The minimum Gasteiger partial charge on any atom is -0.459 e. The number of carbonyl (C=O) groups is 5. The normalized spacial score (nSPS) is 32.3. The fraction of sp³-hybridized carbons (Fsp3) is 0.750. The van der Waals surface area contributed by atoms with E-state index in [0.29, 0.717) is 50.5 Å². The summed E-state index contributed by atoms with van der Waals surface area (Å²) in [6.45, 7) is 20.1. The summed E-state index contributed by atoms with van der Waals surface area (Å²) in [5, 5.41) is 31.1. The Kier molecular flexibility index (Phi) is 17.1. The van der Waals surface area contributed by atoms with Crippen LogP contribution in [-0.4, -0.2) is 106 Å². The summed E-state index contributed by atoms with van der Waals surface area (Å²) in [7, 11) is 0. The molecule has 2 aliphatic carbocycles. The lowest BCUT2D eigenvalue weighted by Crippen LogP contribution is -2.63. The van der Waals surface area contributed by atoms with Gasteiger partial charge in [0, 0.05) is 51.9 Å². The van der Waals surface area contributed by atoms with Gasteiger partial charge in [-0.1, -0.05) is 51.0 Å². The summed E-state index contributed by atoms with van der Waals surface area (Å²) >= 11 is 0. The molecular formula is C44H68O14. The molecule has 3 aliphatic rings. The van der Waals surface area contributed by atoms with E-state index in [4.69, 9.17) is 28.4 Å². The van der Waals surface area contributed by atoms with Crippen molar-refractivity contribution < 1.29 is 67.7 Å². The molecule has 14 nitrogen and oxygen atoms in total. The number of hydrogen-bond donors (Lipinski definition) is 3. The van der Waals surface area contributed by atoms with Gasteiger partial charge in [-0.2, -0.15) is 0 Å². The third-order valence-electron chi connectivity index (χ3n) is 12.5. The molecule has 11 atom stereocenters. The van der Waals surface area contributed by atoms with E-state index in [0.717, 1.165) is 11.1 Å². The van der Waals surface area contributed by atoms with Crippen LogP contribution in [0.5, 0.6) is 0 Å². The highest BCUT2D eigenvalue weighted by molar-refractivity contribution is 5.87. The monoisotopic (exact) mass is 820 g/mol. The van der Waals surface area contributed by atoms with Gasteiger partial charge in [0.15, 0.2) is 12.4 Å². The first-order chi connectivity index (χ1) is 26.8. The Labute approximate surface area is 343 Å². The molecule has 0 amide bonds. The fourth-order valence-corrected chi connectivity index (χ4v) is 9.19. The maximum Gasteiger partial charge on any atom is 0.303 e. The highest BCUT2D eigenvalue weighted by Crippen LogP contribution is 2.52. The quantitative estimate of drug-likeness (QED) is 0.102. The molecule has 3 rings (SSSR count). The standard InChI is InChI=1S/C44H68O14/c1-24(13-16-31(53-27(4)46)21-26(3)33(54-28(5)47)22-32-25(2)15-18-36(50)42(32,8)9)14-17-35-43(10,11)37(19-20-44(35,12)58-30(7)49)57-41-40(55-29(6)48)39(52)38(51)34(23-45)56-41/h13,15,21,31-35,37-41,45,51-52H,14,16-20,22-23H2,1-12H3/t31-,32-,33+,34-,35+,37+,38+,39+,40-,41+,44+/m1/s1. The number of aliphatic hydroxyl groups excluding tert-OH is 3. The first-order valence-electron chi connectivity index (χ1n) is 20.4. The van der Waals surface area contributed by atoms with Crippen LogP contribution in [0.1, 0.15) is 128 Å². The molecular weight excluding hydrogens is 752 g/mol. The SMILES string of the molecule is CC(=O)O[C@H]1[C@H](O[C@H]2CC[C@](C)(OC(C)=O)[C@@H](CCC(C)=CC[C@H](C=C(C)[C@H](C[C@@H]3C(C)=CCC(=O)C3(C)C)OC(C)=O)OC(C)=O)C2(C)C)O[C@H](CO)[C@H](O)[C@@H]1O. The summed E-state index contributed by atoms with van der Waals surface area (Å²) in [6, 6.07) is 0. The van der Waals surface area contributed by atoms with Crippen LogP contribution in [-0.2, 0) is 52.4 Å². The van der Waals surface area contributed by atoms with E-state index in [2.05, 4.69) is 0 Å². The number of allylic oxidation sites excluding steroid dienone is 3. The number of carbonyl (C=O) groups excluding carboxylic acids is 5. The molecule has 0 aromatic carbocycles. The third kappa shape index (κ3) is 12.3. The summed E-state index contributed by atoms with van der Waals surface area (Å²) in [6.07, 6.45) is 0.0425. The lowest BCUT2D eigenvalue weighted by molar-refractivity contribution is -0.329. The second kappa shape index (κ2) is 20.2. The van der Waals surface area contributed by atoms with E-state index in [1.165, 1.54) is 27.7 Å². The van der Waals surface area contributed by atoms with Gasteiger partial charge >= 0.3 is 23.9 Å². The van der Waals surface area contributed by atoms with Crippen molar-refractivity contribution in [3.63, 3.8) is 0 Å². The second-order valence-electron chi connectivity index (χ2n) is 17.8. The van der Waals surface area contributed by atoms with Gasteiger partial charge in [0.05, 0.1) is 12.7 Å². The number of Topliss-reactive ketones (excluding diaryl/α,β-unsaturated/α-hetero) is 1. The van der Waals surface area contributed by atoms with Gasteiger partial charge in [0.2, 0.25) is 0 Å². The molecule has 0 radical (unpaired) electrons. The Morgan fingerprint density at radius 1 is 0.931 bits per heavy atom. The molecule has 328 valence electrons. The van der Waals surface area contributed by atoms with E-state index in [1.807, 2.05) is 67.5 Å². The number of aliphatic hydroxyl groups is 3. The van der Waals surface area contributed by atoms with E-state index in [-0.39, 0.29) is 17.6 Å². The van der Waals surface area contributed by atoms with Crippen molar-refractivity contribution in [2.24, 2.45) is 22.7 Å². The number of ketones is 1. The van der Waals surface area contributed by atoms with Gasteiger partial charge in [-0.15, -0.1) is 0 Å². The van der Waals surface area contributed by atoms with Crippen molar-refractivity contribution >= 4 is 29.7 Å². The van der Waals surface area contributed by atoms with Gasteiger partial charge in [-0.25, -0.2) is 0 Å². The van der Waals surface area contributed by atoms with Crippen molar-refractivity contribution in [1.29, 1.82) is 0 Å². The minimum absolute atomic E-state index is 0.125. The molecule has 3 N–H and O–H groups in total. The molecule has 0 spiro atoms. The molecule has 0 aromatic heterocycles. The zero-order chi connectivity index (χ0) is 43.9. The third-order valence-corrected chi connectivity index (χ3v) is 12.5. The van der Waals surface area contributed by atoms with Crippen molar-refractivity contribution in [2.75, 3.05) is 6.61 Å². The van der Waals surface area contributed by atoms with E-state index < -0.39 is 95.9 Å². The molecule has 0 unspecified atom stereocenters. The Hall–Kier alpha value is -3.43. The lowest BCUT2D eigenvalue weighted by Gasteiger charge is -2.54. The Morgan fingerprint density at radius 2 is 1.57 bits per heavy atom.